The molecule has 0 aromatic heterocycles. The van der Waals surface area contributed by atoms with E-state index in [2.05, 4.69) is 10.6 Å². The van der Waals surface area contributed by atoms with Crippen molar-refractivity contribution in [3.8, 4) is 5.75 Å². The Balaban J connectivity index is 1.42. The minimum absolute atomic E-state index is 0.00414. The van der Waals surface area contributed by atoms with Crippen LogP contribution in [0.5, 0.6) is 5.75 Å². The van der Waals surface area contributed by atoms with Crippen molar-refractivity contribution in [2.75, 3.05) is 11.9 Å². The molecule has 6 nitrogen and oxygen atoms in total. The van der Waals surface area contributed by atoms with Crippen LogP contribution in [0.4, 0.5) is 10.5 Å². The summed E-state index contributed by atoms with van der Waals surface area (Å²) in [5.74, 6) is 0.597. The highest BCUT2D eigenvalue weighted by Crippen LogP contribution is 2.27. The summed E-state index contributed by atoms with van der Waals surface area (Å²) in [7, 11) is 0. The van der Waals surface area contributed by atoms with Crippen molar-refractivity contribution in [2.45, 2.75) is 19.6 Å². The lowest BCUT2D eigenvalue weighted by atomic mass is 10.1. The third-order valence-electron chi connectivity index (χ3n) is 4.90. The van der Waals surface area contributed by atoms with Gasteiger partial charge in [-0.25, -0.2) is 4.79 Å². The molecular weight excluding hydrogens is 378 g/mol. The first-order valence-electron chi connectivity index (χ1n) is 9.83. The van der Waals surface area contributed by atoms with Crippen molar-refractivity contribution < 1.29 is 14.3 Å². The van der Waals surface area contributed by atoms with Gasteiger partial charge in [0.15, 0.2) is 6.61 Å². The lowest BCUT2D eigenvalue weighted by Gasteiger charge is -2.20. The number of urea groups is 1. The number of carbonyl (C=O) groups excluding carboxylic acids is 2. The maximum atomic E-state index is 12.5. The summed E-state index contributed by atoms with van der Waals surface area (Å²) >= 11 is 0. The predicted octanol–water partition coefficient (Wildman–Crippen LogP) is 3.93. The molecule has 1 heterocycles. The van der Waals surface area contributed by atoms with E-state index in [1.165, 1.54) is 0 Å². The summed E-state index contributed by atoms with van der Waals surface area (Å²) in [6, 6.07) is 24.7. The Kier molecular flexibility index (Phi) is 5.94. The molecule has 3 aromatic rings. The zero-order chi connectivity index (χ0) is 20.8. The lowest BCUT2D eigenvalue weighted by Crippen LogP contribution is -2.31. The topological polar surface area (TPSA) is 70.7 Å². The van der Waals surface area contributed by atoms with Crippen LogP contribution in [-0.4, -0.2) is 23.4 Å². The summed E-state index contributed by atoms with van der Waals surface area (Å²) in [5, 5.41) is 5.69. The molecule has 2 N–H and O–H groups in total. The van der Waals surface area contributed by atoms with Gasteiger partial charge in [0.05, 0.1) is 0 Å². The van der Waals surface area contributed by atoms with Crippen LogP contribution >= 0.6 is 0 Å². The van der Waals surface area contributed by atoms with Crippen LogP contribution in [-0.2, 0) is 24.4 Å². The second kappa shape index (κ2) is 9.13. The summed E-state index contributed by atoms with van der Waals surface area (Å²) < 4.78 is 5.67. The van der Waals surface area contributed by atoms with Crippen LogP contribution in [0, 0.1) is 0 Å². The fourth-order valence-corrected chi connectivity index (χ4v) is 3.35. The molecule has 0 atom stereocenters. The van der Waals surface area contributed by atoms with Gasteiger partial charge in [-0.1, -0.05) is 60.7 Å². The van der Waals surface area contributed by atoms with E-state index in [4.69, 9.17) is 4.74 Å². The van der Waals surface area contributed by atoms with Crippen LogP contribution in [0.15, 0.2) is 78.9 Å². The third-order valence-corrected chi connectivity index (χ3v) is 4.90. The van der Waals surface area contributed by atoms with E-state index in [9.17, 15) is 9.59 Å². The Morgan fingerprint density at radius 1 is 0.933 bits per heavy atom. The van der Waals surface area contributed by atoms with Crippen LogP contribution < -0.4 is 15.4 Å². The number of hydrogen-bond donors (Lipinski definition) is 2. The van der Waals surface area contributed by atoms with Crippen molar-refractivity contribution in [3.63, 3.8) is 0 Å². The van der Waals surface area contributed by atoms with E-state index >= 15 is 0 Å². The Labute approximate surface area is 175 Å². The van der Waals surface area contributed by atoms with E-state index < -0.39 is 0 Å². The second-order valence-electron chi connectivity index (χ2n) is 7.14. The minimum Gasteiger partial charge on any atom is -0.483 e. The number of benzene rings is 3. The third kappa shape index (κ3) is 4.97. The maximum Gasteiger partial charge on any atom is 0.319 e. The van der Waals surface area contributed by atoms with E-state index in [1.54, 1.807) is 17.0 Å². The summed E-state index contributed by atoms with van der Waals surface area (Å²) in [6.45, 7) is 1.38. The molecule has 4 rings (SSSR count). The molecule has 6 heteroatoms. The summed E-state index contributed by atoms with van der Waals surface area (Å²) in [6.07, 6.45) is 0. The standard InChI is InChI=1S/C24H23N3O3/c28-23-17-30-22-12-11-21(26-24(29)25-14-18-7-3-1-4-8-18)13-20(22)16-27(23)15-19-9-5-2-6-10-19/h1-13H,14-17H2,(H2,25,26,29). The van der Waals surface area contributed by atoms with Crippen molar-refractivity contribution in [3.05, 3.63) is 95.6 Å². The first-order valence-corrected chi connectivity index (χ1v) is 9.83. The Bertz CT molecular complexity index is 1020. The molecule has 0 bridgehead atoms. The molecule has 30 heavy (non-hydrogen) atoms. The fraction of sp³-hybridized carbons (Fsp3) is 0.167. The molecule has 3 aromatic carbocycles. The predicted molar refractivity (Wildman–Crippen MR) is 115 cm³/mol. The number of amides is 3. The monoisotopic (exact) mass is 401 g/mol. The Morgan fingerprint density at radius 2 is 1.63 bits per heavy atom. The number of rotatable bonds is 5. The molecule has 152 valence electrons. The fourth-order valence-electron chi connectivity index (χ4n) is 3.35. The number of fused-ring (bicyclic) bond motifs is 1. The number of carbonyl (C=O) groups is 2. The van der Waals surface area contributed by atoms with Crippen molar-refractivity contribution in [1.82, 2.24) is 10.2 Å². The second-order valence-corrected chi connectivity index (χ2v) is 7.14. The molecule has 0 aliphatic carbocycles. The first-order chi connectivity index (χ1) is 14.7. The highest BCUT2D eigenvalue weighted by atomic mass is 16.5. The van der Waals surface area contributed by atoms with E-state index in [1.807, 2.05) is 66.7 Å². The number of anilines is 1. The quantitative estimate of drug-likeness (QED) is 0.681. The minimum atomic E-state index is -0.287. The van der Waals surface area contributed by atoms with Gasteiger partial charge in [0.25, 0.3) is 5.91 Å². The van der Waals surface area contributed by atoms with Gasteiger partial charge in [0.1, 0.15) is 5.75 Å². The van der Waals surface area contributed by atoms with Gasteiger partial charge in [0, 0.05) is 30.9 Å². The number of ether oxygens (including phenoxy) is 1. The van der Waals surface area contributed by atoms with Crippen LogP contribution in [0.3, 0.4) is 0 Å². The lowest BCUT2D eigenvalue weighted by molar-refractivity contribution is -0.133. The summed E-state index contributed by atoms with van der Waals surface area (Å²) in [4.78, 5) is 26.5. The zero-order valence-electron chi connectivity index (χ0n) is 16.5. The van der Waals surface area contributed by atoms with Gasteiger partial charge in [0.2, 0.25) is 0 Å². The van der Waals surface area contributed by atoms with Gasteiger partial charge < -0.3 is 20.3 Å². The van der Waals surface area contributed by atoms with Gasteiger partial charge in [-0.3, -0.25) is 4.79 Å². The van der Waals surface area contributed by atoms with Crippen molar-refractivity contribution >= 4 is 17.6 Å². The molecule has 0 radical (unpaired) electrons. The SMILES string of the molecule is O=C(NCc1ccccc1)Nc1ccc2c(c1)CN(Cc1ccccc1)C(=O)CO2. The van der Waals surface area contributed by atoms with Crippen LogP contribution in [0.1, 0.15) is 16.7 Å². The first kappa shape index (κ1) is 19.5. The van der Waals surface area contributed by atoms with Gasteiger partial charge >= 0.3 is 6.03 Å². The normalized spacial score (nSPS) is 13.1. The smallest absolute Gasteiger partial charge is 0.319 e. The van der Waals surface area contributed by atoms with Crippen LogP contribution in [0.25, 0.3) is 0 Å². The number of nitrogens with one attached hydrogen (secondary N) is 2. The number of nitrogens with zero attached hydrogens (tertiary/aromatic N) is 1. The average molecular weight is 401 g/mol. The molecule has 0 unspecified atom stereocenters. The van der Waals surface area contributed by atoms with E-state index in [0.717, 1.165) is 16.7 Å². The Hall–Kier alpha value is -3.80. The largest absolute Gasteiger partial charge is 0.483 e. The zero-order valence-corrected chi connectivity index (χ0v) is 16.5. The Morgan fingerprint density at radius 3 is 2.37 bits per heavy atom. The number of hydrogen-bond acceptors (Lipinski definition) is 3. The van der Waals surface area contributed by atoms with Gasteiger partial charge in [-0.2, -0.15) is 0 Å². The highest BCUT2D eigenvalue weighted by Gasteiger charge is 2.22. The molecule has 0 fully saturated rings. The molecule has 0 saturated carbocycles. The molecule has 3 amide bonds. The van der Waals surface area contributed by atoms with Crippen molar-refractivity contribution in [2.24, 2.45) is 0 Å². The highest BCUT2D eigenvalue weighted by molar-refractivity contribution is 5.89. The van der Waals surface area contributed by atoms with Crippen molar-refractivity contribution in [1.29, 1.82) is 0 Å². The van der Waals surface area contributed by atoms with Crippen LogP contribution in [0.2, 0.25) is 0 Å². The average Bonchev–Trinajstić information content (AvgIpc) is 2.92. The molecular formula is C24H23N3O3. The molecule has 0 spiro atoms. The van der Waals surface area contributed by atoms with Gasteiger partial charge in [-0.15, -0.1) is 0 Å². The molecule has 1 aliphatic rings. The van der Waals surface area contributed by atoms with E-state index in [0.29, 0.717) is 31.1 Å². The van der Waals surface area contributed by atoms with E-state index in [-0.39, 0.29) is 18.5 Å². The molecule has 0 saturated heterocycles. The summed E-state index contributed by atoms with van der Waals surface area (Å²) in [5.41, 5.74) is 3.59. The van der Waals surface area contributed by atoms with Gasteiger partial charge in [-0.05, 0) is 29.3 Å². The molecule has 1 aliphatic heterocycles. The maximum absolute atomic E-state index is 12.5.